The minimum atomic E-state index is -1.57. The molecule has 1 rings (SSSR count). The van der Waals surface area contributed by atoms with Crippen LogP contribution >= 0.6 is 0 Å². The van der Waals surface area contributed by atoms with E-state index >= 15 is 0 Å². The number of hydrogen-bond donors (Lipinski definition) is 6. The van der Waals surface area contributed by atoms with Gasteiger partial charge >= 0.3 is 0 Å². The molecule has 1 heterocycles. The first-order valence-electron chi connectivity index (χ1n) is 31.4. The number of rotatable bonds is 54. The Balaban J connectivity index is 2.02. The molecule has 1 amide bonds. The molecule has 9 heteroatoms. The van der Waals surface area contributed by atoms with E-state index in [-0.39, 0.29) is 12.5 Å². The first kappa shape index (κ1) is 69.2. The molecule has 0 aromatic heterocycles. The lowest BCUT2D eigenvalue weighted by Gasteiger charge is -2.40. The standard InChI is InChI=1S/C64H119NO8/c1-3-5-7-9-11-13-15-16-17-18-19-20-21-22-23-24-25-26-27-28-29-30-31-32-33-34-35-36-37-38-39-40-41-42-44-46-48-50-52-54-60(68)65-57(56-72-64-63(71)62(70)61(69)59(55-66)73-64)58(67)53-51-49-47-45-43-14-12-10-8-6-4-2/h8,10,28-29,43,45,51,53,57-59,61-64,66-67,69-71H,3-7,9,11-27,30-42,44,46-50,52,54-56H2,1-2H3,(H,65,68)/b10-8+,29-28-,45-43+,53-51+. The first-order valence-corrected chi connectivity index (χ1v) is 31.4. The fourth-order valence-corrected chi connectivity index (χ4v) is 9.90. The van der Waals surface area contributed by atoms with Crippen molar-refractivity contribution in [2.24, 2.45) is 0 Å². The van der Waals surface area contributed by atoms with Crippen molar-refractivity contribution in [3.8, 4) is 0 Å². The van der Waals surface area contributed by atoms with Crippen LogP contribution in [0, 0.1) is 0 Å². The summed E-state index contributed by atoms with van der Waals surface area (Å²) in [5.74, 6) is -0.190. The zero-order valence-electron chi connectivity index (χ0n) is 47.6. The Morgan fingerprint density at radius 1 is 0.452 bits per heavy atom. The van der Waals surface area contributed by atoms with Crippen molar-refractivity contribution in [2.75, 3.05) is 13.2 Å². The number of aliphatic hydroxyl groups excluding tert-OH is 5. The molecule has 0 aliphatic carbocycles. The van der Waals surface area contributed by atoms with Gasteiger partial charge in [0.2, 0.25) is 5.91 Å². The van der Waals surface area contributed by atoms with Crippen LogP contribution < -0.4 is 5.32 Å². The molecule has 1 fully saturated rings. The maximum Gasteiger partial charge on any atom is 0.220 e. The van der Waals surface area contributed by atoms with Gasteiger partial charge in [-0.15, -0.1) is 0 Å². The van der Waals surface area contributed by atoms with Crippen molar-refractivity contribution in [1.82, 2.24) is 5.32 Å². The van der Waals surface area contributed by atoms with Gasteiger partial charge in [-0.3, -0.25) is 4.79 Å². The Hall–Kier alpha value is -1.85. The molecule has 428 valence electrons. The van der Waals surface area contributed by atoms with Crippen molar-refractivity contribution in [2.45, 2.75) is 339 Å². The van der Waals surface area contributed by atoms with Crippen LogP contribution in [0.15, 0.2) is 48.6 Å². The van der Waals surface area contributed by atoms with Crippen molar-refractivity contribution in [3.63, 3.8) is 0 Å². The summed E-state index contributed by atoms with van der Waals surface area (Å²) in [6.07, 6.45) is 65.3. The highest BCUT2D eigenvalue weighted by Crippen LogP contribution is 2.23. The SMILES string of the molecule is CCC/C=C/CC/C=C/CC/C=C/C(O)C(COC1OC(CO)C(O)C(O)C1O)NC(=O)CCCCCCCCCCCCCCCCCCC/C=C\CCCCCCCCCCCCCCCCCCCC. The molecule has 1 aliphatic rings. The van der Waals surface area contributed by atoms with E-state index < -0.39 is 49.5 Å². The highest BCUT2D eigenvalue weighted by molar-refractivity contribution is 5.76. The highest BCUT2D eigenvalue weighted by atomic mass is 16.7. The summed E-state index contributed by atoms with van der Waals surface area (Å²) >= 11 is 0. The molecule has 6 N–H and O–H groups in total. The van der Waals surface area contributed by atoms with Gasteiger partial charge in [-0.25, -0.2) is 0 Å². The van der Waals surface area contributed by atoms with E-state index in [1.807, 2.05) is 6.08 Å². The van der Waals surface area contributed by atoms with Crippen molar-refractivity contribution in [1.29, 1.82) is 0 Å². The van der Waals surface area contributed by atoms with E-state index in [2.05, 4.69) is 55.6 Å². The molecule has 9 nitrogen and oxygen atoms in total. The predicted octanol–water partition coefficient (Wildman–Crippen LogP) is 16.1. The number of unbranched alkanes of at least 4 members (excludes halogenated alkanes) is 38. The maximum absolute atomic E-state index is 13.0. The van der Waals surface area contributed by atoms with Crippen molar-refractivity contribution < 1.29 is 39.8 Å². The predicted molar refractivity (Wildman–Crippen MR) is 309 cm³/mol. The molecule has 7 unspecified atom stereocenters. The summed E-state index contributed by atoms with van der Waals surface area (Å²) in [6.45, 7) is 3.70. The summed E-state index contributed by atoms with van der Waals surface area (Å²) in [7, 11) is 0. The second kappa shape index (κ2) is 53.5. The first-order chi connectivity index (χ1) is 35.8. The van der Waals surface area contributed by atoms with Gasteiger partial charge in [-0.2, -0.15) is 0 Å². The molecule has 73 heavy (non-hydrogen) atoms. The lowest BCUT2D eigenvalue weighted by Crippen LogP contribution is -2.60. The van der Waals surface area contributed by atoms with Crippen LogP contribution in [0.5, 0.6) is 0 Å². The van der Waals surface area contributed by atoms with Gasteiger partial charge in [0.25, 0.3) is 0 Å². The highest BCUT2D eigenvalue weighted by Gasteiger charge is 2.44. The maximum atomic E-state index is 13.0. The Kier molecular flexibility index (Phi) is 50.7. The fourth-order valence-electron chi connectivity index (χ4n) is 9.90. The monoisotopic (exact) mass is 1030 g/mol. The number of nitrogens with one attached hydrogen (secondary N) is 1. The Morgan fingerprint density at radius 2 is 0.808 bits per heavy atom. The Bertz CT molecular complexity index is 1290. The number of carbonyl (C=O) groups is 1. The van der Waals surface area contributed by atoms with Crippen LogP contribution in [-0.4, -0.2) is 87.5 Å². The largest absolute Gasteiger partial charge is 0.394 e. The minimum Gasteiger partial charge on any atom is -0.394 e. The van der Waals surface area contributed by atoms with Gasteiger partial charge in [0, 0.05) is 6.42 Å². The number of allylic oxidation sites excluding steroid dienone is 7. The third-order valence-electron chi connectivity index (χ3n) is 14.8. The average Bonchev–Trinajstić information content (AvgIpc) is 3.39. The van der Waals surface area contributed by atoms with Gasteiger partial charge in [-0.05, 0) is 64.2 Å². The summed E-state index contributed by atoms with van der Waals surface area (Å²) in [4.78, 5) is 13.0. The number of ether oxygens (including phenoxy) is 2. The zero-order chi connectivity index (χ0) is 52.9. The summed E-state index contributed by atoms with van der Waals surface area (Å²) in [6, 6.07) is -0.827. The van der Waals surface area contributed by atoms with Crippen LogP contribution in [0.1, 0.15) is 296 Å². The topological polar surface area (TPSA) is 149 Å². The van der Waals surface area contributed by atoms with Crippen LogP contribution in [0.2, 0.25) is 0 Å². The number of amides is 1. The molecular weight excluding hydrogens is 911 g/mol. The van der Waals surface area contributed by atoms with E-state index in [0.29, 0.717) is 6.42 Å². The lowest BCUT2D eigenvalue weighted by molar-refractivity contribution is -0.302. The minimum absolute atomic E-state index is 0.190. The van der Waals surface area contributed by atoms with Gasteiger partial charge < -0.3 is 40.3 Å². The van der Waals surface area contributed by atoms with E-state index in [9.17, 15) is 30.3 Å². The van der Waals surface area contributed by atoms with Crippen molar-refractivity contribution >= 4 is 5.91 Å². The van der Waals surface area contributed by atoms with Crippen LogP contribution in [0.3, 0.4) is 0 Å². The van der Waals surface area contributed by atoms with Gasteiger partial charge in [-0.1, -0.05) is 274 Å². The molecule has 0 aromatic rings. The third-order valence-corrected chi connectivity index (χ3v) is 14.8. The van der Waals surface area contributed by atoms with Crippen LogP contribution in [0.25, 0.3) is 0 Å². The number of hydrogen-bond acceptors (Lipinski definition) is 8. The molecule has 0 aromatic carbocycles. The van der Waals surface area contributed by atoms with E-state index in [4.69, 9.17) is 9.47 Å². The Morgan fingerprint density at radius 3 is 1.21 bits per heavy atom. The molecule has 0 saturated carbocycles. The summed E-state index contributed by atoms with van der Waals surface area (Å²) < 4.78 is 11.2. The summed E-state index contributed by atoms with van der Waals surface area (Å²) in [5.41, 5.74) is 0. The summed E-state index contributed by atoms with van der Waals surface area (Å²) in [5, 5.41) is 54.3. The second-order valence-electron chi connectivity index (χ2n) is 21.8. The van der Waals surface area contributed by atoms with Gasteiger partial charge in [0.05, 0.1) is 25.4 Å². The molecule has 0 spiro atoms. The fraction of sp³-hybridized carbons (Fsp3) is 0.859. The average molecular weight is 1030 g/mol. The smallest absolute Gasteiger partial charge is 0.220 e. The molecule has 0 bridgehead atoms. The molecule has 1 saturated heterocycles. The van der Waals surface area contributed by atoms with E-state index in [0.717, 1.165) is 57.8 Å². The third kappa shape index (κ3) is 42.9. The van der Waals surface area contributed by atoms with Crippen LogP contribution in [-0.2, 0) is 14.3 Å². The normalized spacial score (nSPS) is 19.4. The van der Waals surface area contributed by atoms with E-state index in [1.165, 1.54) is 218 Å². The van der Waals surface area contributed by atoms with Crippen molar-refractivity contribution in [3.05, 3.63) is 48.6 Å². The van der Waals surface area contributed by atoms with Crippen LogP contribution in [0.4, 0.5) is 0 Å². The van der Waals surface area contributed by atoms with E-state index in [1.54, 1.807) is 6.08 Å². The van der Waals surface area contributed by atoms with Gasteiger partial charge in [0.1, 0.15) is 24.4 Å². The Labute approximate surface area is 450 Å². The molecule has 7 atom stereocenters. The quantitative estimate of drug-likeness (QED) is 0.0261. The molecular formula is C64H119NO8. The molecule has 1 aliphatic heterocycles. The molecule has 0 radical (unpaired) electrons. The lowest BCUT2D eigenvalue weighted by atomic mass is 9.99. The van der Waals surface area contributed by atoms with Gasteiger partial charge in [0.15, 0.2) is 6.29 Å². The number of carbonyl (C=O) groups excluding carboxylic acids is 1. The zero-order valence-corrected chi connectivity index (χ0v) is 47.6. The number of aliphatic hydroxyl groups is 5. The second-order valence-corrected chi connectivity index (χ2v) is 21.8.